The number of nitrogens with one attached hydrogen (secondary N) is 1. The first-order valence-corrected chi connectivity index (χ1v) is 9.92. The number of nitrogens with zero attached hydrogens (tertiary/aromatic N) is 2. The number of hydrogen-bond acceptors (Lipinski definition) is 4. The highest BCUT2D eigenvalue weighted by molar-refractivity contribution is 6.31. The van der Waals surface area contributed by atoms with E-state index in [-0.39, 0.29) is 6.61 Å². The summed E-state index contributed by atoms with van der Waals surface area (Å²) in [6.45, 7) is 10.1. The van der Waals surface area contributed by atoms with E-state index in [0.29, 0.717) is 11.8 Å². The van der Waals surface area contributed by atoms with Crippen LogP contribution in [0.15, 0.2) is 18.2 Å². The smallest absolute Gasteiger partial charge is 0.0594 e. The van der Waals surface area contributed by atoms with E-state index in [4.69, 9.17) is 16.3 Å². The van der Waals surface area contributed by atoms with Crippen LogP contribution in [-0.4, -0.2) is 72.4 Å². The zero-order chi connectivity index (χ0) is 18.1. The molecule has 2 saturated heterocycles. The monoisotopic (exact) mass is 377 g/mol. The lowest BCUT2D eigenvalue weighted by atomic mass is 9.96. The molecule has 0 radical (unpaired) electrons. The molecule has 5 nitrogen and oxygen atoms in total. The number of benzene rings is 1. The Morgan fingerprint density at radius 3 is 2.73 bits per heavy atom. The number of aromatic nitrogens is 1. The van der Waals surface area contributed by atoms with Gasteiger partial charge >= 0.3 is 0 Å². The molecule has 3 heterocycles. The number of aryl methyl sites for hydroxylation is 1. The fourth-order valence-corrected chi connectivity index (χ4v) is 4.60. The second-order valence-electron chi connectivity index (χ2n) is 7.73. The van der Waals surface area contributed by atoms with Crippen molar-refractivity contribution in [2.45, 2.75) is 13.5 Å². The van der Waals surface area contributed by atoms with Crippen LogP contribution in [0.1, 0.15) is 11.3 Å². The maximum absolute atomic E-state index is 9.86. The van der Waals surface area contributed by atoms with Gasteiger partial charge in [0.1, 0.15) is 0 Å². The predicted molar refractivity (Wildman–Crippen MR) is 105 cm³/mol. The molecule has 2 fully saturated rings. The summed E-state index contributed by atoms with van der Waals surface area (Å²) in [6, 6.07) is 6.02. The molecule has 142 valence electrons. The van der Waals surface area contributed by atoms with E-state index in [1.54, 1.807) is 0 Å². The third kappa shape index (κ3) is 3.78. The second-order valence-corrected chi connectivity index (χ2v) is 8.16. The van der Waals surface area contributed by atoms with E-state index in [2.05, 4.69) is 27.8 Å². The second kappa shape index (κ2) is 7.87. The van der Waals surface area contributed by atoms with Crippen LogP contribution in [0.25, 0.3) is 10.9 Å². The maximum Gasteiger partial charge on any atom is 0.0594 e. The average Bonchev–Trinajstić information content (AvgIpc) is 3.17. The summed E-state index contributed by atoms with van der Waals surface area (Å²) in [5.74, 6) is 0.884. The number of fused-ring (bicyclic) bond motifs is 1. The lowest BCUT2D eigenvalue weighted by Gasteiger charge is -2.30. The van der Waals surface area contributed by atoms with E-state index in [1.165, 1.54) is 16.6 Å². The molecule has 0 aliphatic carbocycles. The number of H-pyrrole nitrogens is 1. The van der Waals surface area contributed by atoms with Gasteiger partial charge in [-0.1, -0.05) is 11.6 Å². The van der Waals surface area contributed by atoms with Gasteiger partial charge in [0.25, 0.3) is 0 Å². The number of aliphatic hydroxyl groups excluding tert-OH is 1. The number of likely N-dealkylation sites (tertiary alicyclic amines) is 1. The van der Waals surface area contributed by atoms with Crippen molar-refractivity contribution in [3.8, 4) is 0 Å². The van der Waals surface area contributed by atoms with Crippen molar-refractivity contribution in [2.24, 2.45) is 11.8 Å². The number of morpholine rings is 1. The van der Waals surface area contributed by atoms with Crippen molar-refractivity contribution in [2.75, 3.05) is 52.5 Å². The van der Waals surface area contributed by atoms with Gasteiger partial charge < -0.3 is 14.8 Å². The summed E-state index contributed by atoms with van der Waals surface area (Å²) >= 11 is 6.15. The van der Waals surface area contributed by atoms with E-state index in [0.717, 1.165) is 63.0 Å². The fraction of sp³-hybridized carbons (Fsp3) is 0.600. The third-order valence-corrected chi connectivity index (χ3v) is 6.22. The van der Waals surface area contributed by atoms with Gasteiger partial charge in [0, 0.05) is 67.5 Å². The van der Waals surface area contributed by atoms with Crippen molar-refractivity contribution < 1.29 is 9.84 Å². The van der Waals surface area contributed by atoms with Gasteiger partial charge in [-0.05, 0) is 42.5 Å². The first-order chi connectivity index (χ1) is 12.6. The van der Waals surface area contributed by atoms with Crippen molar-refractivity contribution in [1.82, 2.24) is 14.8 Å². The predicted octanol–water partition coefficient (Wildman–Crippen LogP) is 2.50. The van der Waals surface area contributed by atoms with Crippen LogP contribution >= 0.6 is 11.6 Å². The highest BCUT2D eigenvalue weighted by Gasteiger charge is 2.34. The first-order valence-electron chi connectivity index (χ1n) is 9.54. The molecule has 0 bridgehead atoms. The molecule has 2 aliphatic rings. The zero-order valence-electron chi connectivity index (χ0n) is 15.4. The highest BCUT2D eigenvalue weighted by Crippen LogP contribution is 2.29. The largest absolute Gasteiger partial charge is 0.396 e. The Labute approximate surface area is 159 Å². The molecule has 0 spiro atoms. The molecule has 2 atom stereocenters. The summed E-state index contributed by atoms with van der Waals surface area (Å²) in [6.07, 6.45) is 0. The summed E-state index contributed by atoms with van der Waals surface area (Å²) in [7, 11) is 0. The molecule has 2 aromatic rings. The lowest BCUT2D eigenvalue weighted by molar-refractivity contribution is 0.0264. The van der Waals surface area contributed by atoms with E-state index >= 15 is 0 Å². The van der Waals surface area contributed by atoms with E-state index in [9.17, 15) is 5.11 Å². The van der Waals surface area contributed by atoms with Gasteiger partial charge in [-0.2, -0.15) is 0 Å². The Morgan fingerprint density at radius 1 is 1.19 bits per heavy atom. The summed E-state index contributed by atoms with van der Waals surface area (Å²) in [5, 5.41) is 11.8. The molecule has 2 N–H and O–H groups in total. The van der Waals surface area contributed by atoms with E-state index < -0.39 is 0 Å². The Morgan fingerprint density at radius 2 is 1.96 bits per heavy atom. The number of aliphatic hydroxyl groups is 1. The van der Waals surface area contributed by atoms with Gasteiger partial charge in [-0.25, -0.2) is 0 Å². The van der Waals surface area contributed by atoms with Gasteiger partial charge in [0.2, 0.25) is 0 Å². The Balaban J connectivity index is 1.44. The molecule has 1 aromatic heterocycles. The van der Waals surface area contributed by atoms with Crippen LogP contribution in [0.5, 0.6) is 0 Å². The molecule has 1 aromatic carbocycles. The van der Waals surface area contributed by atoms with Gasteiger partial charge in [-0.15, -0.1) is 0 Å². The topological polar surface area (TPSA) is 51.7 Å². The van der Waals surface area contributed by atoms with Crippen molar-refractivity contribution in [1.29, 1.82) is 0 Å². The van der Waals surface area contributed by atoms with Gasteiger partial charge in [0.05, 0.1) is 13.2 Å². The Bertz CT molecular complexity index is 757. The van der Waals surface area contributed by atoms with E-state index in [1.807, 2.05) is 12.1 Å². The molecule has 6 heteroatoms. The normalized spacial score (nSPS) is 25.3. The van der Waals surface area contributed by atoms with Crippen molar-refractivity contribution in [3.63, 3.8) is 0 Å². The number of rotatable bonds is 5. The molecule has 0 amide bonds. The zero-order valence-corrected chi connectivity index (χ0v) is 16.1. The summed E-state index contributed by atoms with van der Waals surface area (Å²) < 4.78 is 5.45. The molecule has 2 aliphatic heterocycles. The summed E-state index contributed by atoms with van der Waals surface area (Å²) in [5.41, 5.74) is 3.68. The Kier molecular flexibility index (Phi) is 5.53. The minimum atomic E-state index is 0.271. The highest BCUT2D eigenvalue weighted by atomic mass is 35.5. The number of hydrogen-bond donors (Lipinski definition) is 2. The molecule has 4 rings (SSSR count). The van der Waals surface area contributed by atoms with Gasteiger partial charge in [0.15, 0.2) is 0 Å². The quantitative estimate of drug-likeness (QED) is 0.840. The van der Waals surface area contributed by atoms with Crippen LogP contribution in [0.4, 0.5) is 0 Å². The minimum absolute atomic E-state index is 0.271. The SMILES string of the molecule is Cc1c(CN2C[C@@H](CN3CCOCC3)[C@@H](CO)C2)[nH]c2ccc(Cl)cc12. The van der Waals surface area contributed by atoms with Crippen LogP contribution < -0.4 is 0 Å². The fourth-order valence-electron chi connectivity index (χ4n) is 4.43. The Hall–Kier alpha value is -1.11. The minimum Gasteiger partial charge on any atom is -0.396 e. The van der Waals surface area contributed by atoms with Crippen LogP contribution in [-0.2, 0) is 11.3 Å². The molecular formula is C20H28ClN3O2. The molecular weight excluding hydrogens is 350 g/mol. The summed E-state index contributed by atoms with van der Waals surface area (Å²) in [4.78, 5) is 8.52. The third-order valence-electron chi connectivity index (χ3n) is 5.99. The van der Waals surface area contributed by atoms with Crippen molar-refractivity contribution in [3.05, 3.63) is 34.5 Å². The number of aromatic amines is 1. The first kappa shape index (κ1) is 18.3. The standard InChI is InChI=1S/C20H28ClN3O2/c1-14-18-8-17(21)2-3-19(18)22-20(14)12-24-10-15(16(11-24)13-25)9-23-4-6-26-7-5-23/h2-3,8,15-16,22,25H,4-7,9-13H2,1H3/t15-,16-/m1/s1. The lowest BCUT2D eigenvalue weighted by Crippen LogP contribution is -2.41. The molecule has 0 saturated carbocycles. The average molecular weight is 378 g/mol. The van der Waals surface area contributed by atoms with Crippen LogP contribution in [0, 0.1) is 18.8 Å². The van der Waals surface area contributed by atoms with Crippen molar-refractivity contribution >= 4 is 22.5 Å². The van der Waals surface area contributed by atoms with Gasteiger partial charge in [-0.3, -0.25) is 9.80 Å². The van der Waals surface area contributed by atoms with Crippen LogP contribution in [0.2, 0.25) is 5.02 Å². The maximum atomic E-state index is 9.86. The number of halogens is 1. The number of ether oxygens (including phenoxy) is 1. The molecule has 26 heavy (non-hydrogen) atoms. The van der Waals surface area contributed by atoms with Crippen LogP contribution in [0.3, 0.4) is 0 Å². The molecule has 0 unspecified atom stereocenters.